The molecule has 0 spiro atoms. The van der Waals surface area contributed by atoms with E-state index in [1.165, 1.54) is 12.7 Å². The highest BCUT2D eigenvalue weighted by atomic mass is 16.5. The SMILES string of the molecule is COc1cc(NC2CCN(C(=O)c3ncn[nH]3)CC2)ncn1. The van der Waals surface area contributed by atoms with Crippen LogP contribution in [-0.2, 0) is 0 Å². The molecule has 116 valence electrons. The van der Waals surface area contributed by atoms with Gasteiger partial charge in [-0.2, -0.15) is 5.10 Å². The Morgan fingerprint density at radius 3 is 2.82 bits per heavy atom. The lowest BCUT2D eigenvalue weighted by atomic mass is 10.0. The molecule has 0 aliphatic carbocycles. The minimum Gasteiger partial charge on any atom is -0.481 e. The molecule has 1 aliphatic rings. The van der Waals surface area contributed by atoms with Crippen molar-refractivity contribution in [2.75, 3.05) is 25.5 Å². The Morgan fingerprint density at radius 2 is 2.14 bits per heavy atom. The number of aromatic amines is 1. The molecule has 1 saturated heterocycles. The third-order valence-corrected chi connectivity index (χ3v) is 3.60. The number of anilines is 1. The van der Waals surface area contributed by atoms with Gasteiger partial charge in [-0.05, 0) is 12.8 Å². The second kappa shape index (κ2) is 6.37. The maximum atomic E-state index is 12.1. The van der Waals surface area contributed by atoms with Crippen LogP contribution in [0.2, 0.25) is 0 Å². The summed E-state index contributed by atoms with van der Waals surface area (Å²) in [7, 11) is 1.57. The molecule has 1 fully saturated rings. The maximum Gasteiger partial charge on any atom is 0.291 e. The average Bonchev–Trinajstić information content (AvgIpc) is 3.09. The fraction of sp³-hybridized carbons (Fsp3) is 0.462. The molecule has 0 saturated carbocycles. The molecule has 0 aromatic carbocycles. The summed E-state index contributed by atoms with van der Waals surface area (Å²) in [5.74, 6) is 1.42. The summed E-state index contributed by atoms with van der Waals surface area (Å²) in [4.78, 5) is 26.0. The van der Waals surface area contributed by atoms with Crippen molar-refractivity contribution in [3.8, 4) is 5.88 Å². The van der Waals surface area contributed by atoms with E-state index in [1.807, 2.05) is 0 Å². The molecular weight excluding hydrogens is 286 g/mol. The van der Waals surface area contributed by atoms with E-state index >= 15 is 0 Å². The van der Waals surface area contributed by atoms with E-state index in [1.54, 1.807) is 18.1 Å². The Balaban J connectivity index is 1.54. The van der Waals surface area contributed by atoms with Gasteiger partial charge in [0.15, 0.2) is 0 Å². The zero-order chi connectivity index (χ0) is 15.4. The van der Waals surface area contributed by atoms with Gasteiger partial charge in [0.25, 0.3) is 5.91 Å². The molecule has 2 N–H and O–H groups in total. The van der Waals surface area contributed by atoms with E-state index in [4.69, 9.17) is 4.74 Å². The van der Waals surface area contributed by atoms with Crippen molar-refractivity contribution in [3.05, 3.63) is 24.5 Å². The number of aromatic nitrogens is 5. The number of nitrogens with one attached hydrogen (secondary N) is 2. The van der Waals surface area contributed by atoms with Gasteiger partial charge in [-0.1, -0.05) is 0 Å². The second-order valence-electron chi connectivity index (χ2n) is 4.99. The first-order valence-corrected chi connectivity index (χ1v) is 7.03. The highest BCUT2D eigenvalue weighted by Crippen LogP contribution is 2.18. The van der Waals surface area contributed by atoms with Gasteiger partial charge in [-0.3, -0.25) is 9.89 Å². The normalized spacial score (nSPS) is 15.6. The molecule has 9 heteroatoms. The van der Waals surface area contributed by atoms with Gasteiger partial charge < -0.3 is 15.0 Å². The third-order valence-electron chi connectivity index (χ3n) is 3.60. The van der Waals surface area contributed by atoms with Crippen molar-refractivity contribution in [2.24, 2.45) is 0 Å². The molecule has 1 amide bonds. The van der Waals surface area contributed by atoms with Crippen LogP contribution in [0.3, 0.4) is 0 Å². The number of ether oxygens (including phenoxy) is 1. The van der Waals surface area contributed by atoms with Gasteiger partial charge in [0, 0.05) is 25.2 Å². The number of rotatable bonds is 4. The van der Waals surface area contributed by atoms with Crippen LogP contribution in [0.25, 0.3) is 0 Å². The molecule has 9 nitrogen and oxygen atoms in total. The molecule has 0 bridgehead atoms. The summed E-state index contributed by atoms with van der Waals surface area (Å²) in [5.41, 5.74) is 0. The molecule has 0 atom stereocenters. The largest absolute Gasteiger partial charge is 0.481 e. The number of hydrogen-bond donors (Lipinski definition) is 2. The Bertz CT molecular complexity index is 623. The summed E-state index contributed by atoms with van der Waals surface area (Å²) in [6.07, 6.45) is 4.48. The van der Waals surface area contributed by atoms with E-state index in [0.29, 0.717) is 19.0 Å². The maximum absolute atomic E-state index is 12.1. The Hall–Kier alpha value is -2.71. The van der Waals surface area contributed by atoms with Crippen LogP contribution < -0.4 is 10.1 Å². The van der Waals surface area contributed by atoms with Gasteiger partial charge in [0.05, 0.1) is 7.11 Å². The number of carbonyl (C=O) groups excluding carboxylic acids is 1. The fourth-order valence-corrected chi connectivity index (χ4v) is 2.42. The highest BCUT2D eigenvalue weighted by Gasteiger charge is 2.25. The molecule has 2 aromatic rings. The van der Waals surface area contributed by atoms with Crippen LogP contribution in [0.4, 0.5) is 5.82 Å². The minimum absolute atomic E-state index is 0.111. The lowest BCUT2D eigenvalue weighted by Gasteiger charge is -2.32. The number of H-pyrrole nitrogens is 1. The summed E-state index contributed by atoms with van der Waals surface area (Å²) >= 11 is 0. The van der Waals surface area contributed by atoms with Crippen LogP contribution >= 0.6 is 0 Å². The topological polar surface area (TPSA) is 109 Å². The van der Waals surface area contributed by atoms with Crippen LogP contribution in [0.15, 0.2) is 18.7 Å². The standard InChI is InChI=1S/C13H17N7O2/c1-22-11-6-10(14-7-15-11)18-9-2-4-20(5-3-9)13(21)12-16-8-17-19-12/h6-9H,2-5H2,1H3,(H,14,15,18)(H,16,17,19). The van der Waals surface area contributed by atoms with Crippen LogP contribution in [-0.4, -0.2) is 62.2 Å². The first kappa shape index (κ1) is 14.2. The van der Waals surface area contributed by atoms with Gasteiger partial charge >= 0.3 is 0 Å². The monoisotopic (exact) mass is 303 g/mol. The zero-order valence-corrected chi connectivity index (χ0v) is 12.2. The molecule has 3 heterocycles. The second-order valence-corrected chi connectivity index (χ2v) is 4.99. The van der Waals surface area contributed by atoms with Gasteiger partial charge in [-0.15, -0.1) is 0 Å². The Kier molecular flexibility index (Phi) is 4.12. The number of methoxy groups -OCH3 is 1. The van der Waals surface area contributed by atoms with Gasteiger partial charge in [0.2, 0.25) is 11.7 Å². The lowest BCUT2D eigenvalue weighted by Crippen LogP contribution is -2.42. The minimum atomic E-state index is -0.111. The van der Waals surface area contributed by atoms with Gasteiger partial charge in [-0.25, -0.2) is 15.0 Å². The molecule has 0 radical (unpaired) electrons. The fourth-order valence-electron chi connectivity index (χ4n) is 2.42. The van der Waals surface area contributed by atoms with E-state index in [0.717, 1.165) is 18.7 Å². The van der Waals surface area contributed by atoms with E-state index in [9.17, 15) is 4.79 Å². The van der Waals surface area contributed by atoms with Crippen molar-refractivity contribution in [1.82, 2.24) is 30.0 Å². The Morgan fingerprint density at radius 1 is 1.32 bits per heavy atom. The quantitative estimate of drug-likeness (QED) is 0.837. The van der Waals surface area contributed by atoms with Gasteiger partial charge in [0.1, 0.15) is 18.5 Å². The molecular formula is C13H17N7O2. The summed E-state index contributed by atoms with van der Waals surface area (Å²) in [6.45, 7) is 1.33. The number of amides is 1. The number of nitrogens with zero attached hydrogens (tertiary/aromatic N) is 5. The molecule has 1 aliphatic heterocycles. The number of piperidine rings is 1. The highest BCUT2D eigenvalue weighted by molar-refractivity contribution is 5.90. The van der Waals surface area contributed by atoms with Crippen LogP contribution in [0.1, 0.15) is 23.5 Å². The third kappa shape index (κ3) is 3.13. The predicted octanol–water partition coefficient (Wildman–Crippen LogP) is 0.320. The molecule has 22 heavy (non-hydrogen) atoms. The van der Waals surface area contributed by atoms with Crippen molar-refractivity contribution in [1.29, 1.82) is 0 Å². The van der Waals surface area contributed by atoms with Crippen molar-refractivity contribution >= 4 is 11.7 Å². The predicted molar refractivity (Wildman–Crippen MR) is 77.5 cm³/mol. The summed E-state index contributed by atoms with van der Waals surface area (Å²) < 4.78 is 5.07. The number of hydrogen-bond acceptors (Lipinski definition) is 7. The van der Waals surface area contributed by atoms with Crippen molar-refractivity contribution < 1.29 is 9.53 Å². The zero-order valence-electron chi connectivity index (χ0n) is 12.2. The molecule has 0 unspecified atom stereocenters. The Labute approximate surface area is 127 Å². The van der Waals surface area contributed by atoms with Crippen LogP contribution in [0.5, 0.6) is 5.88 Å². The van der Waals surface area contributed by atoms with E-state index in [-0.39, 0.29) is 17.8 Å². The number of likely N-dealkylation sites (tertiary alicyclic amines) is 1. The summed E-state index contributed by atoms with van der Waals surface area (Å²) in [6, 6.07) is 2.02. The lowest BCUT2D eigenvalue weighted by molar-refractivity contribution is 0.0706. The van der Waals surface area contributed by atoms with Crippen molar-refractivity contribution in [2.45, 2.75) is 18.9 Å². The summed E-state index contributed by atoms with van der Waals surface area (Å²) in [5, 5.41) is 9.65. The first-order valence-electron chi connectivity index (χ1n) is 7.03. The molecule has 3 rings (SSSR count). The van der Waals surface area contributed by atoms with E-state index in [2.05, 4.69) is 30.5 Å². The molecule has 2 aromatic heterocycles. The number of carbonyl (C=O) groups is 1. The smallest absolute Gasteiger partial charge is 0.291 e. The average molecular weight is 303 g/mol. The first-order chi connectivity index (χ1) is 10.8. The van der Waals surface area contributed by atoms with E-state index < -0.39 is 0 Å². The van der Waals surface area contributed by atoms with Crippen molar-refractivity contribution in [3.63, 3.8) is 0 Å². The van der Waals surface area contributed by atoms with Crippen LogP contribution in [0, 0.1) is 0 Å².